The first-order valence-corrected chi connectivity index (χ1v) is 29.3. The summed E-state index contributed by atoms with van der Waals surface area (Å²) >= 11 is 0. The number of carbonyl (C=O) groups excluding carboxylic acids is 12. The quantitative estimate of drug-likeness (QED) is 0.286. The summed E-state index contributed by atoms with van der Waals surface area (Å²) in [5.41, 5.74) is -1.48. The number of amides is 13. The Kier molecular flexibility index (Phi) is 22.5. The summed E-state index contributed by atoms with van der Waals surface area (Å²) in [6.45, 7) is -0.200. The van der Waals surface area contributed by atoms with E-state index in [0.29, 0.717) is 70.9 Å². The van der Waals surface area contributed by atoms with Crippen molar-refractivity contribution in [2.45, 2.75) is 177 Å². The van der Waals surface area contributed by atoms with Crippen molar-refractivity contribution >= 4 is 71.0 Å². The van der Waals surface area contributed by atoms with Crippen molar-refractivity contribution in [1.29, 1.82) is 0 Å². The Morgan fingerprint density at radius 1 is 0.543 bits per heavy atom. The molecule has 0 radical (unpaired) electrons. The highest BCUT2D eigenvalue weighted by molar-refractivity contribution is 6.02. The highest BCUT2D eigenvalue weighted by Gasteiger charge is 2.51. The van der Waals surface area contributed by atoms with Crippen LogP contribution in [0, 0.1) is 11.8 Å². The van der Waals surface area contributed by atoms with Crippen LogP contribution in [0.2, 0.25) is 0 Å². The number of aliphatic hydroxyl groups excluding tert-OH is 1. The smallest absolute Gasteiger partial charge is 0.324 e. The maximum absolute atomic E-state index is 15.4. The van der Waals surface area contributed by atoms with E-state index in [1.165, 1.54) is 75.9 Å². The van der Waals surface area contributed by atoms with Crippen LogP contribution in [0.25, 0.3) is 0 Å². The topological polar surface area (TPSA) is 290 Å². The number of imide groups is 1. The average Bonchev–Trinajstić information content (AvgIpc) is 4.17. The molecule has 452 valence electrons. The molecule has 81 heavy (non-hydrogen) atoms. The van der Waals surface area contributed by atoms with E-state index < -0.39 is 145 Å². The van der Waals surface area contributed by atoms with E-state index in [2.05, 4.69) is 16.0 Å². The largest absolute Gasteiger partial charge is 0.394 e. The van der Waals surface area contributed by atoms with Gasteiger partial charge in [0.15, 0.2) is 0 Å². The molecule has 3 saturated heterocycles. The maximum atomic E-state index is 15.4. The van der Waals surface area contributed by atoms with E-state index in [-0.39, 0.29) is 37.6 Å². The van der Waals surface area contributed by atoms with Crippen LogP contribution in [-0.4, -0.2) is 257 Å². The fourth-order valence-electron chi connectivity index (χ4n) is 12.9. The number of urea groups is 1. The molecular weight excluding hydrogens is 1050 g/mol. The number of hydrogen-bond donors (Lipinski definition) is 4. The van der Waals surface area contributed by atoms with Crippen LogP contribution in [0.1, 0.15) is 135 Å². The minimum atomic E-state index is -1.51. The molecule has 0 aromatic rings. The van der Waals surface area contributed by atoms with Crippen LogP contribution < -0.4 is 16.0 Å². The third kappa shape index (κ3) is 15.2. The summed E-state index contributed by atoms with van der Waals surface area (Å²) < 4.78 is 0. The Bertz CT molecular complexity index is 2350. The highest BCUT2D eigenvalue weighted by Crippen LogP contribution is 2.37. The molecule has 13 amide bonds. The van der Waals surface area contributed by atoms with Gasteiger partial charge in [0.25, 0.3) is 0 Å². The Labute approximate surface area is 476 Å². The van der Waals surface area contributed by atoms with Crippen LogP contribution >= 0.6 is 0 Å². The zero-order valence-corrected chi connectivity index (χ0v) is 49.1. The van der Waals surface area contributed by atoms with Crippen LogP contribution in [0.3, 0.4) is 0 Å². The van der Waals surface area contributed by atoms with Gasteiger partial charge in [0, 0.05) is 69.0 Å². The Morgan fingerprint density at radius 3 is 1.68 bits per heavy atom. The lowest BCUT2D eigenvalue weighted by molar-refractivity contribution is -0.157. The predicted octanol–water partition coefficient (Wildman–Crippen LogP) is -0.127. The Balaban J connectivity index is 1.34. The zero-order chi connectivity index (χ0) is 59.5. The number of carbonyl (C=O) groups is 12. The fraction of sp³-hybridized carbons (Fsp3) is 0.786. The van der Waals surface area contributed by atoms with Gasteiger partial charge in [0.05, 0.1) is 26.1 Å². The van der Waals surface area contributed by atoms with E-state index in [1.54, 1.807) is 4.90 Å². The third-order valence-electron chi connectivity index (χ3n) is 18.1. The summed E-state index contributed by atoms with van der Waals surface area (Å²) in [5, 5.41) is 18.4. The van der Waals surface area contributed by atoms with Crippen molar-refractivity contribution in [3.05, 3.63) is 0 Å². The van der Waals surface area contributed by atoms with E-state index in [0.717, 1.165) is 64.5 Å². The summed E-state index contributed by atoms with van der Waals surface area (Å²) in [5.74, 6) is -7.84. The van der Waals surface area contributed by atoms with Gasteiger partial charge in [0.2, 0.25) is 65.0 Å². The van der Waals surface area contributed by atoms with Gasteiger partial charge in [-0.25, -0.2) is 4.79 Å². The molecule has 25 heteroatoms. The van der Waals surface area contributed by atoms with E-state index in [4.69, 9.17) is 0 Å². The second-order valence-electron chi connectivity index (χ2n) is 23.7. The maximum Gasteiger partial charge on any atom is 0.324 e. The number of likely N-dealkylation sites (N-methyl/N-ethyl adjacent to an activating group) is 7. The fourth-order valence-corrected chi connectivity index (χ4v) is 12.9. The molecular formula is C56H90N12O13. The van der Waals surface area contributed by atoms with Gasteiger partial charge in [-0.1, -0.05) is 51.4 Å². The van der Waals surface area contributed by atoms with Gasteiger partial charge in [0.1, 0.15) is 48.3 Å². The molecule has 6 rings (SSSR count). The number of aliphatic hydroxyl groups is 1. The molecule has 6 atom stereocenters. The number of fused-ring (bicyclic) bond motifs is 1. The Hall–Kier alpha value is -6.40. The van der Waals surface area contributed by atoms with Crippen LogP contribution in [-0.2, 0) is 52.7 Å². The second kappa shape index (κ2) is 28.5. The van der Waals surface area contributed by atoms with Crippen LogP contribution in [0.4, 0.5) is 4.79 Å². The average molecular weight is 1140 g/mol. The standard InChI is InChI=1S/C56H90N12O13/c1-36-48(74)58-55(81)62(4)33-44(72)60(2)34-45(73)65(7)46(37-21-12-9-13-22-37)52(78)61(3)32-42(70)57-39(35-69)50(76)68-30-20-25-40(68)49(75)59-56(26-16-17-27-56)54(80)66(8)47(38-23-14-10-15-24-38)53(79)64(6)41(31-43(71)63(36)5)51(77)67-28-18-11-19-29-67/h36-41,46-47,69H,9-35H2,1-8H3,(H,57,70)(H,59,75)(H,58,74,81)/t36-,39-,40-,41-,46?,47?/m0/s1. The van der Waals surface area contributed by atoms with Crippen molar-refractivity contribution in [1.82, 2.24) is 60.0 Å². The van der Waals surface area contributed by atoms with E-state index >= 15 is 9.59 Å². The van der Waals surface area contributed by atoms with E-state index in [1.807, 2.05) is 0 Å². The van der Waals surface area contributed by atoms with Crippen molar-refractivity contribution < 1.29 is 62.6 Å². The van der Waals surface area contributed by atoms with Gasteiger partial charge in [-0.2, -0.15) is 0 Å². The lowest BCUT2D eigenvalue weighted by atomic mass is 9.81. The molecule has 6 aliphatic rings. The lowest BCUT2D eigenvalue weighted by Gasteiger charge is -2.43. The van der Waals surface area contributed by atoms with E-state index in [9.17, 15) is 53.1 Å². The number of hydrogen-bond acceptors (Lipinski definition) is 13. The normalized spacial score (nSPS) is 28.7. The number of nitrogens with one attached hydrogen (secondary N) is 3. The summed E-state index contributed by atoms with van der Waals surface area (Å²) in [6, 6.07) is -8.40. The van der Waals surface area contributed by atoms with Crippen molar-refractivity contribution in [3.63, 3.8) is 0 Å². The first kappa shape index (κ1) is 63.8. The molecule has 25 nitrogen and oxygen atoms in total. The van der Waals surface area contributed by atoms with Gasteiger partial charge in [-0.15, -0.1) is 0 Å². The molecule has 1 spiro atoms. The van der Waals surface area contributed by atoms with Crippen molar-refractivity contribution in [2.24, 2.45) is 11.8 Å². The molecule has 2 unspecified atom stereocenters. The molecule has 3 aliphatic heterocycles. The minimum absolute atomic E-state index is 0.105. The molecule has 3 saturated carbocycles. The van der Waals surface area contributed by atoms with Crippen molar-refractivity contribution in [2.75, 3.05) is 95.2 Å². The number of piperidine rings is 1. The third-order valence-corrected chi connectivity index (χ3v) is 18.1. The first-order chi connectivity index (χ1) is 38.4. The predicted molar refractivity (Wildman–Crippen MR) is 295 cm³/mol. The summed E-state index contributed by atoms with van der Waals surface area (Å²) in [4.78, 5) is 182. The van der Waals surface area contributed by atoms with Crippen molar-refractivity contribution in [3.8, 4) is 0 Å². The van der Waals surface area contributed by atoms with Gasteiger partial charge >= 0.3 is 6.03 Å². The molecule has 0 bridgehead atoms. The highest BCUT2D eigenvalue weighted by atomic mass is 16.3. The van der Waals surface area contributed by atoms with Crippen LogP contribution in [0.5, 0.6) is 0 Å². The molecule has 0 aromatic carbocycles. The lowest BCUT2D eigenvalue weighted by Crippen LogP contribution is -2.65. The minimum Gasteiger partial charge on any atom is -0.394 e. The monoisotopic (exact) mass is 1140 g/mol. The number of likely N-dealkylation sites (tertiary alicyclic amines) is 1. The SMILES string of the molecule is C[C@H]1C(=O)NC(=O)N(C)CC(=O)N(C)CC(=O)N(C)C(C2CCCCC2)C(=O)N(C)CC(=O)N[C@@H](CO)C(=O)N2CCC[C@H]2C(=O)NC2(CCCC2)C(=O)N(C)C(C2CCCCC2)C(=O)N(C)[C@H](C(=O)N2CCCCC2)CC(=O)N1C. The zero-order valence-electron chi connectivity index (χ0n) is 49.1. The molecule has 6 fully saturated rings. The number of rotatable bonds is 4. The van der Waals surface area contributed by atoms with Gasteiger partial charge in [-0.3, -0.25) is 58.1 Å². The number of nitrogens with zero attached hydrogens (tertiary/aromatic N) is 9. The van der Waals surface area contributed by atoms with Gasteiger partial charge < -0.3 is 59.8 Å². The molecule has 4 N–H and O–H groups in total. The summed E-state index contributed by atoms with van der Waals surface area (Å²) in [6.07, 6.45) is 11.4. The molecule has 3 heterocycles. The Morgan fingerprint density at radius 2 is 1.10 bits per heavy atom. The second-order valence-corrected chi connectivity index (χ2v) is 23.7. The molecule has 3 aliphatic carbocycles. The van der Waals surface area contributed by atoms with Gasteiger partial charge in [-0.05, 0) is 89.4 Å². The molecule has 0 aromatic heterocycles. The first-order valence-electron chi connectivity index (χ1n) is 29.3. The van der Waals surface area contributed by atoms with Crippen LogP contribution in [0.15, 0.2) is 0 Å². The summed E-state index contributed by atoms with van der Waals surface area (Å²) in [7, 11) is 9.74.